The molecule has 0 saturated heterocycles. The molecule has 104 valence electrons. The lowest BCUT2D eigenvalue weighted by Crippen LogP contribution is -2.35. The van der Waals surface area contributed by atoms with Crippen molar-refractivity contribution < 1.29 is 14.0 Å². The maximum Gasteiger partial charge on any atom is 0.224 e. The molecule has 2 amide bonds. The van der Waals surface area contributed by atoms with Gasteiger partial charge in [-0.1, -0.05) is 19.1 Å². The van der Waals surface area contributed by atoms with E-state index < -0.39 is 0 Å². The van der Waals surface area contributed by atoms with Gasteiger partial charge in [0.2, 0.25) is 11.8 Å². The average Bonchev–Trinajstić information content (AvgIpc) is 2.38. The van der Waals surface area contributed by atoms with Crippen LogP contribution in [0.3, 0.4) is 0 Å². The van der Waals surface area contributed by atoms with Crippen LogP contribution in [0.2, 0.25) is 0 Å². The van der Waals surface area contributed by atoms with Gasteiger partial charge in [0.15, 0.2) is 0 Å². The van der Waals surface area contributed by atoms with E-state index in [4.69, 9.17) is 0 Å². The van der Waals surface area contributed by atoms with Gasteiger partial charge in [0, 0.05) is 19.5 Å². The molecule has 0 heterocycles. The summed E-state index contributed by atoms with van der Waals surface area (Å²) in [4.78, 5) is 22.7. The molecule has 0 spiro atoms. The maximum atomic E-state index is 12.7. The molecule has 0 radical (unpaired) electrons. The summed E-state index contributed by atoms with van der Waals surface area (Å²) in [5.74, 6) is -0.463. The summed E-state index contributed by atoms with van der Waals surface area (Å²) in [6.45, 7) is 2.76. The molecule has 0 saturated carbocycles. The number of carbonyl (C=O) groups is 2. The smallest absolute Gasteiger partial charge is 0.224 e. The van der Waals surface area contributed by atoms with E-state index in [1.165, 1.54) is 12.1 Å². The molecule has 0 fully saturated rings. The Hall–Kier alpha value is -1.91. The first-order valence-electron chi connectivity index (χ1n) is 6.39. The first-order chi connectivity index (χ1) is 9.11. The van der Waals surface area contributed by atoms with Gasteiger partial charge in [-0.25, -0.2) is 4.39 Å². The van der Waals surface area contributed by atoms with E-state index in [1.807, 2.05) is 6.92 Å². The van der Waals surface area contributed by atoms with Crippen LogP contribution in [0, 0.1) is 5.82 Å². The lowest BCUT2D eigenvalue weighted by molar-refractivity contribution is -0.122. The zero-order valence-electron chi connectivity index (χ0n) is 11.0. The Kier molecular flexibility index (Phi) is 6.57. The van der Waals surface area contributed by atoms with Gasteiger partial charge in [-0.2, -0.15) is 0 Å². The van der Waals surface area contributed by atoms with Crippen molar-refractivity contribution in [2.24, 2.45) is 0 Å². The number of amides is 2. The fraction of sp³-hybridized carbons (Fsp3) is 0.429. The molecule has 0 unspecified atom stereocenters. The Morgan fingerprint density at radius 2 is 1.63 bits per heavy atom. The van der Waals surface area contributed by atoms with Crippen molar-refractivity contribution in [3.8, 4) is 0 Å². The third-order valence-electron chi connectivity index (χ3n) is 2.52. The van der Waals surface area contributed by atoms with Crippen LogP contribution in [0.15, 0.2) is 24.3 Å². The molecule has 2 N–H and O–H groups in total. The molecule has 0 aliphatic rings. The number of halogens is 1. The Morgan fingerprint density at radius 3 is 2.21 bits per heavy atom. The fourth-order valence-corrected chi connectivity index (χ4v) is 1.57. The highest BCUT2D eigenvalue weighted by Gasteiger charge is 2.03. The number of nitrogens with one attached hydrogen (secondary N) is 2. The molecule has 0 aromatic heterocycles. The van der Waals surface area contributed by atoms with Crippen LogP contribution in [0.25, 0.3) is 0 Å². The van der Waals surface area contributed by atoms with Gasteiger partial charge in [0.1, 0.15) is 5.82 Å². The van der Waals surface area contributed by atoms with E-state index in [2.05, 4.69) is 10.6 Å². The molecule has 19 heavy (non-hydrogen) atoms. The lowest BCUT2D eigenvalue weighted by Gasteiger charge is -2.06. The van der Waals surface area contributed by atoms with Crippen molar-refractivity contribution in [2.45, 2.75) is 26.2 Å². The van der Waals surface area contributed by atoms with Gasteiger partial charge in [0.05, 0.1) is 6.42 Å². The highest BCUT2D eigenvalue weighted by atomic mass is 19.1. The highest BCUT2D eigenvalue weighted by molar-refractivity contribution is 5.78. The van der Waals surface area contributed by atoms with Crippen LogP contribution in [0.5, 0.6) is 0 Å². The molecule has 5 heteroatoms. The maximum absolute atomic E-state index is 12.7. The minimum Gasteiger partial charge on any atom is -0.354 e. The van der Waals surface area contributed by atoms with Gasteiger partial charge in [0.25, 0.3) is 0 Å². The highest BCUT2D eigenvalue weighted by Crippen LogP contribution is 2.03. The van der Waals surface area contributed by atoms with Gasteiger partial charge in [-0.3, -0.25) is 9.59 Å². The first kappa shape index (κ1) is 15.1. The Labute approximate surface area is 112 Å². The lowest BCUT2D eigenvalue weighted by atomic mass is 10.1. The van der Waals surface area contributed by atoms with E-state index in [1.54, 1.807) is 12.1 Å². The molecule has 0 atom stereocenters. The second-order valence-corrected chi connectivity index (χ2v) is 4.25. The summed E-state index contributed by atoms with van der Waals surface area (Å²) in [5, 5.41) is 5.40. The molecule has 1 aromatic rings. The second kappa shape index (κ2) is 8.24. The van der Waals surface area contributed by atoms with Crippen LogP contribution in [-0.4, -0.2) is 24.9 Å². The molecule has 1 rings (SSSR count). The van der Waals surface area contributed by atoms with Gasteiger partial charge in [-0.15, -0.1) is 0 Å². The number of rotatable bonds is 7. The zero-order chi connectivity index (χ0) is 14.1. The van der Waals surface area contributed by atoms with Crippen LogP contribution < -0.4 is 10.6 Å². The van der Waals surface area contributed by atoms with Gasteiger partial charge >= 0.3 is 0 Å². The summed E-state index contributed by atoms with van der Waals surface area (Å²) < 4.78 is 12.7. The summed E-state index contributed by atoms with van der Waals surface area (Å²) in [7, 11) is 0. The molecule has 4 nitrogen and oxygen atoms in total. The molecule has 0 bridgehead atoms. The molecule has 0 aliphatic carbocycles. The van der Waals surface area contributed by atoms with Crippen molar-refractivity contribution in [2.75, 3.05) is 13.1 Å². The predicted octanol–water partition coefficient (Wildman–Crippen LogP) is 1.40. The Bertz CT molecular complexity index is 418. The summed E-state index contributed by atoms with van der Waals surface area (Å²) in [5.41, 5.74) is 0.758. The third-order valence-corrected chi connectivity index (χ3v) is 2.52. The standard InChI is InChI=1S/C14H19FN2O2/c1-2-3-13(18)16-8-9-17-14(19)10-11-4-6-12(15)7-5-11/h4-7H,2-3,8-10H2,1H3,(H,16,18)(H,17,19). The zero-order valence-corrected chi connectivity index (χ0v) is 11.0. The number of hydrogen-bond donors (Lipinski definition) is 2. The molecule has 0 aliphatic heterocycles. The van der Waals surface area contributed by atoms with Crippen molar-refractivity contribution in [1.82, 2.24) is 10.6 Å². The van der Waals surface area contributed by atoms with Crippen molar-refractivity contribution >= 4 is 11.8 Å². The van der Waals surface area contributed by atoms with E-state index in [0.29, 0.717) is 19.5 Å². The normalized spacial score (nSPS) is 10.0. The van der Waals surface area contributed by atoms with Gasteiger partial charge < -0.3 is 10.6 Å². The van der Waals surface area contributed by atoms with Crippen molar-refractivity contribution in [3.05, 3.63) is 35.6 Å². The topological polar surface area (TPSA) is 58.2 Å². The molecular weight excluding hydrogens is 247 g/mol. The largest absolute Gasteiger partial charge is 0.354 e. The second-order valence-electron chi connectivity index (χ2n) is 4.25. The number of benzene rings is 1. The summed E-state index contributed by atoms with van der Waals surface area (Å²) in [6, 6.07) is 5.82. The number of hydrogen-bond acceptors (Lipinski definition) is 2. The van der Waals surface area contributed by atoms with E-state index in [9.17, 15) is 14.0 Å². The van der Waals surface area contributed by atoms with Crippen LogP contribution in [0.1, 0.15) is 25.3 Å². The molecule has 1 aromatic carbocycles. The summed E-state index contributed by atoms with van der Waals surface area (Å²) >= 11 is 0. The minimum atomic E-state index is -0.317. The predicted molar refractivity (Wildman–Crippen MR) is 71.0 cm³/mol. The van der Waals surface area contributed by atoms with Gasteiger partial charge in [-0.05, 0) is 24.1 Å². The monoisotopic (exact) mass is 266 g/mol. The van der Waals surface area contributed by atoms with Crippen LogP contribution in [-0.2, 0) is 16.0 Å². The Balaban J connectivity index is 2.18. The molecular formula is C14H19FN2O2. The summed E-state index contributed by atoms with van der Waals surface area (Å²) in [6.07, 6.45) is 1.52. The quantitative estimate of drug-likeness (QED) is 0.733. The third kappa shape index (κ3) is 6.55. The first-order valence-corrected chi connectivity index (χ1v) is 6.39. The van der Waals surface area contributed by atoms with Crippen molar-refractivity contribution in [1.29, 1.82) is 0 Å². The van der Waals surface area contributed by atoms with Crippen molar-refractivity contribution in [3.63, 3.8) is 0 Å². The Morgan fingerprint density at radius 1 is 1.05 bits per heavy atom. The van der Waals surface area contributed by atoms with E-state index >= 15 is 0 Å². The van der Waals surface area contributed by atoms with Crippen LogP contribution in [0.4, 0.5) is 4.39 Å². The van der Waals surface area contributed by atoms with E-state index in [-0.39, 0.29) is 24.1 Å². The van der Waals surface area contributed by atoms with E-state index in [0.717, 1.165) is 12.0 Å². The average molecular weight is 266 g/mol. The van der Waals surface area contributed by atoms with Crippen LogP contribution >= 0.6 is 0 Å². The fourth-order valence-electron chi connectivity index (χ4n) is 1.57. The minimum absolute atomic E-state index is 0.00437. The SMILES string of the molecule is CCCC(=O)NCCNC(=O)Cc1ccc(F)cc1. The number of carbonyl (C=O) groups excluding carboxylic acids is 2.